The van der Waals surface area contributed by atoms with E-state index >= 15 is 0 Å². The lowest BCUT2D eigenvalue weighted by Gasteiger charge is -2.16. The maximum atomic E-state index is 12.9. The average molecular weight is 379 g/mol. The first kappa shape index (κ1) is 19.4. The van der Waals surface area contributed by atoms with Crippen molar-refractivity contribution in [2.45, 2.75) is 13.8 Å². The molecular weight excluding hydrogens is 358 g/mol. The van der Waals surface area contributed by atoms with Crippen molar-refractivity contribution in [2.24, 2.45) is 0 Å². The molecule has 0 amide bonds. The second kappa shape index (κ2) is 8.52. The van der Waals surface area contributed by atoms with Crippen molar-refractivity contribution in [1.82, 2.24) is 4.98 Å². The molecule has 0 fully saturated rings. The molecule has 2 aromatic carbocycles. The zero-order valence-electron chi connectivity index (χ0n) is 16.0. The molecule has 0 aliphatic carbocycles. The van der Waals surface area contributed by atoms with Gasteiger partial charge in [-0.1, -0.05) is 30.3 Å². The van der Waals surface area contributed by atoms with E-state index in [1.807, 2.05) is 30.3 Å². The first-order valence-electron chi connectivity index (χ1n) is 9.02. The van der Waals surface area contributed by atoms with Gasteiger partial charge in [-0.2, -0.15) is 0 Å². The van der Waals surface area contributed by atoms with Crippen LogP contribution in [0.2, 0.25) is 0 Å². The Bertz CT molecular complexity index is 1010. The molecule has 3 aromatic rings. The Morgan fingerprint density at radius 2 is 1.54 bits per heavy atom. The third-order valence-corrected chi connectivity index (χ3v) is 4.20. The summed E-state index contributed by atoms with van der Waals surface area (Å²) in [6, 6.07) is 14.4. The molecule has 6 nitrogen and oxygen atoms in total. The standard InChI is InChI=1S/C22H21NO5/c1-4-27-21(24)18-16-13-15(26-3)11-12-17(16)23-20(14-9-7-6-8-10-14)19(18)22(25)28-5-2/h6-13H,4-5H2,1-3H3. The van der Waals surface area contributed by atoms with E-state index in [0.29, 0.717) is 27.9 Å². The average Bonchev–Trinajstić information content (AvgIpc) is 2.72. The fraction of sp³-hybridized carbons (Fsp3) is 0.227. The van der Waals surface area contributed by atoms with E-state index < -0.39 is 11.9 Å². The van der Waals surface area contributed by atoms with Crippen LogP contribution in [0.1, 0.15) is 34.6 Å². The van der Waals surface area contributed by atoms with Gasteiger partial charge in [-0.05, 0) is 32.0 Å². The normalized spacial score (nSPS) is 10.5. The fourth-order valence-corrected chi connectivity index (χ4v) is 2.99. The summed E-state index contributed by atoms with van der Waals surface area (Å²) in [6.45, 7) is 3.77. The Balaban J connectivity index is 2.43. The number of nitrogens with zero attached hydrogens (tertiary/aromatic N) is 1. The number of carbonyl (C=O) groups is 2. The number of fused-ring (bicyclic) bond motifs is 1. The van der Waals surface area contributed by atoms with Crippen LogP contribution in [0.4, 0.5) is 0 Å². The molecule has 0 spiro atoms. The van der Waals surface area contributed by atoms with E-state index in [1.165, 1.54) is 7.11 Å². The summed E-state index contributed by atoms with van der Waals surface area (Å²) in [5.41, 5.74) is 1.85. The van der Waals surface area contributed by atoms with Crippen molar-refractivity contribution in [3.05, 3.63) is 59.7 Å². The molecule has 0 saturated carbocycles. The molecule has 28 heavy (non-hydrogen) atoms. The van der Waals surface area contributed by atoms with Crippen molar-refractivity contribution in [3.63, 3.8) is 0 Å². The number of hydrogen-bond acceptors (Lipinski definition) is 6. The van der Waals surface area contributed by atoms with Crippen LogP contribution < -0.4 is 4.74 Å². The summed E-state index contributed by atoms with van der Waals surface area (Å²) in [6.07, 6.45) is 0. The van der Waals surface area contributed by atoms with Crippen LogP contribution >= 0.6 is 0 Å². The van der Waals surface area contributed by atoms with E-state index in [9.17, 15) is 9.59 Å². The highest BCUT2D eigenvalue weighted by atomic mass is 16.5. The predicted octanol–water partition coefficient (Wildman–Crippen LogP) is 4.26. The number of esters is 2. The molecular formula is C22H21NO5. The summed E-state index contributed by atoms with van der Waals surface area (Å²) in [4.78, 5) is 30.4. The molecule has 3 rings (SSSR count). The third-order valence-electron chi connectivity index (χ3n) is 4.20. The van der Waals surface area contributed by atoms with Crippen LogP contribution in [0.3, 0.4) is 0 Å². The van der Waals surface area contributed by atoms with Crippen molar-refractivity contribution >= 4 is 22.8 Å². The maximum Gasteiger partial charge on any atom is 0.341 e. The topological polar surface area (TPSA) is 74.7 Å². The van der Waals surface area contributed by atoms with E-state index in [1.54, 1.807) is 32.0 Å². The van der Waals surface area contributed by atoms with Gasteiger partial charge < -0.3 is 14.2 Å². The Hall–Kier alpha value is -3.41. The molecule has 0 radical (unpaired) electrons. The highest BCUT2D eigenvalue weighted by Crippen LogP contribution is 2.33. The number of ether oxygens (including phenoxy) is 3. The fourth-order valence-electron chi connectivity index (χ4n) is 2.99. The van der Waals surface area contributed by atoms with E-state index in [0.717, 1.165) is 0 Å². The zero-order chi connectivity index (χ0) is 20.1. The number of methoxy groups -OCH3 is 1. The first-order chi connectivity index (χ1) is 13.6. The number of aromatic nitrogens is 1. The molecule has 0 N–H and O–H groups in total. The summed E-state index contributed by atoms with van der Waals surface area (Å²) in [7, 11) is 1.53. The summed E-state index contributed by atoms with van der Waals surface area (Å²) in [5, 5.41) is 0.473. The van der Waals surface area contributed by atoms with Gasteiger partial charge in [-0.15, -0.1) is 0 Å². The predicted molar refractivity (Wildman–Crippen MR) is 106 cm³/mol. The third kappa shape index (κ3) is 3.67. The van der Waals surface area contributed by atoms with Crippen LogP contribution in [0.15, 0.2) is 48.5 Å². The quantitative estimate of drug-likeness (QED) is 0.596. The van der Waals surface area contributed by atoms with Gasteiger partial charge >= 0.3 is 11.9 Å². The Labute approximate surface area is 163 Å². The van der Waals surface area contributed by atoms with Gasteiger partial charge in [-0.25, -0.2) is 14.6 Å². The van der Waals surface area contributed by atoms with Gasteiger partial charge in [0.2, 0.25) is 0 Å². The van der Waals surface area contributed by atoms with Gasteiger partial charge in [0.15, 0.2) is 0 Å². The molecule has 144 valence electrons. The second-order valence-electron chi connectivity index (χ2n) is 5.90. The van der Waals surface area contributed by atoms with Crippen molar-refractivity contribution in [3.8, 4) is 17.0 Å². The van der Waals surface area contributed by atoms with Gasteiger partial charge in [0.05, 0.1) is 37.1 Å². The molecule has 0 aliphatic heterocycles. The maximum absolute atomic E-state index is 12.9. The Morgan fingerprint density at radius 1 is 0.893 bits per heavy atom. The van der Waals surface area contributed by atoms with Crippen molar-refractivity contribution in [1.29, 1.82) is 0 Å². The van der Waals surface area contributed by atoms with Gasteiger partial charge in [0.25, 0.3) is 0 Å². The minimum atomic E-state index is -0.623. The van der Waals surface area contributed by atoms with Crippen LogP contribution in [-0.2, 0) is 9.47 Å². The molecule has 0 aliphatic rings. The number of rotatable bonds is 6. The number of benzene rings is 2. The number of hydrogen-bond donors (Lipinski definition) is 0. The highest BCUT2D eigenvalue weighted by Gasteiger charge is 2.28. The largest absolute Gasteiger partial charge is 0.497 e. The van der Waals surface area contributed by atoms with Crippen LogP contribution in [0.5, 0.6) is 5.75 Å². The highest BCUT2D eigenvalue weighted by molar-refractivity contribution is 6.15. The number of carbonyl (C=O) groups excluding carboxylic acids is 2. The molecule has 0 unspecified atom stereocenters. The lowest BCUT2D eigenvalue weighted by atomic mass is 9.96. The second-order valence-corrected chi connectivity index (χ2v) is 5.90. The van der Waals surface area contributed by atoms with Gasteiger partial charge in [0.1, 0.15) is 11.3 Å². The summed E-state index contributed by atoms with van der Waals surface area (Å²) < 4.78 is 15.8. The minimum Gasteiger partial charge on any atom is -0.497 e. The molecule has 0 atom stereocenters. The molecule has 0 saturated heterocycles. The van der Waals surface area contributed by atoms with Crippen LogP contribution in [-0.4, -0.2) is 37.2 Å². The Morgan fingerprint density at radius 3 is 2.14 bits per heavy atom. The van der Waals surface area contributed by atoms with E-state index in [-0.39, 0.29) is 24.3 Å². The minimum absolute atomic E-state index is 0.0900. The SMILES string of the molecule is CCOC(=O)c1c(-c2ccccc2)nc2ccc(OC)cc2c1C(=O)OCC. The Kier molecular flexibility index (Phi) is 5.89. The van der Waals surface area contributed by atoms with Crippen LogP contribution in [0.25, 0.3) is 22.2 Å². The molecule has 1 heterocycles. The first-order valence-corrected chi connectivity index (χ1v) is 9.02. The van der Waals surface area contributed by atoms with E-state index in [2.05, 4.69) is 4.98 Å². The summed E-state index contributed by atoms with van der Waals surface area (Å²) in [5.74, 6) is -0.688. The van der Waals surface area contributed by atoms with Crippen molar-refractivity contribution in [2.75, 3.05) is 20.3 Å². The lowest BCUT2D eigenvalue weighted by Crippen LogP contribution is -2.17. The zero-order valence-corrected chi connectivity index (χ0v) is 16.0. The smallest absolute Gasteiger partial charge is 0.341 e. The number of pyridine rings is 1. The molecule has 0 bridgehead atoms. The summed E-state index contributed by atoms with van der Waals surface area (Å²) >= 11 is 0. The molecule has 1 aromatic heterocycles. The molecule has 6 heteroatoms. The monoisotopic (exact) mass is 379 g/mol. The van der Waals surface area contributed by atoms with Gasteiger partial charge in [0, 0.05) is 10.9 Å². The van der Waals surface area contributed by atoms with E-state index in [4.69, 9.17) is 14.2 Å². The lowest BCUT2D eigenvalue weighted by molar-refractivity contribution is 0.0481. The van der Waals surface area contributed by atoms with Crippen molar-refractivity contribution < 1.29 is 23.8 Å². The van der Waals surface area contributed by atoms with Gasteiger partial charge in [-0.3, -0.25) is 0 Å². The van der Waals surface area contributed by atoms with Crippen LogP contribution in [0, 0.1) is 0 Å².